The van der Waals surface area contributed by atoms with Gasteiger partial charge in [-0.1, -0.05) is 18.2 Å². The van der Waals surface area contributed by atoms with Gasteiger partial charge in [-0.05, 0) is 23.9 Å². The third-order valence-corrected chi connectivity index (χ3v) is 3.94. The highest BCUT2D eigenvalue weighted by Crippen LogP contribution is 2.29. The minimum atomic E-state index is -1.26. The first-order valence-electron chi connectivity index (χ1n) is 6.77. The Morgan fingerprint density at radius 2 is 1.86 bits per heavy atom. The van der Waals surface area contributed by atoms with Gasteiger partial charge in [-0.15, -0.1) is 0 Å². The summed E-state index contributed by atoms with van der Waals surface area (Å²) in [4.78, 5) is 12.5. The lowest BCUT2D eigenvalue weighted by atomic mass is 10.1. The van der Waals surface area contributed by atoms with Gasteiger partial charge in [0.25, 0.3) is 5.56 Å². The van der Waals surface area contributed by atoms with E-state index in [0.717, 1.165) is 10.9 Å². The lowest BCUT2D eigenvalue weighted by molar-refractivity contribution is -0.0542. The van der Waals surface area contributed by atoms with Crippen LogP contribution in [0.3, 0.4) is 0 Å². The van der Waals surface area contributed by atoms with Crippen molar-refractivity contribution in [2.45, 2.75) is 31.5 Å². The summed E-state index contributed by atoms with van der Waals surface area (Å²) in [6.07, 6.45) is -2.79. The van der Waals surface area contributed by atoms with Crippen LogP contribution in [-0.4, -0.2) is 44.8 Å². The van der Waals surface area contributed by atoms with Gasteiger partial charge in [-0.2, -0.15) is 0 Å². The molecule has 1 fully saturated rings. The molecule has 0 spiro atoms. The normalized spacial score (nSPS) is 29.1. The molecular weight excluding hydrogens is 274 g/mol. The molecule has 0 amide bonds. The first-order valence-corrected chi connectivity index (χ1v) is 6.77. The Bertz CT molecular complexity index is 726. The number of ether oxygens (including phenoxy) is 1. The Hall–Kier alpha value is -1.73. The van der Waals surface area contributed by atoms with Crippen LogP contribution in [0, 0.1) is 6.92 Å². The first-order chi connectivity index (χ1) is 10.0. The van der Waals surface area contributed by atoms with E-state index in [1.54, 1.807) is 18.3 Å². The molecule has 0 saturated carbocycles. The van der Waals surface area contributed by atoms with Crippen LogP contribution in [-0.2, 0) is 4.74 Å². The second kappa shape index (κ2) is 5.23. The van der Waals surface area contributed by atoms with Gasteiger partial charge in [0, 0.05) is 11.6 Å². The summed E-state index contributed by atoms with van der Waals surface area (Å²) in [5, 5.41) is 30.4. The van der Waals surface area contributed by atoms with Gasteiger partial charge in [0.15, 0.2) is 6.23 Å². The van der Waals surface area contributed by atoms with Crippen LogP contribution in [0.25, 0.3) is 10.8 Å². The van der Waals surface area contributed by atoms with Gasteiger partial charge >= 0.3 is 0 Å². The van der Waals surface area contributed by atoms with Gasteiger partial charge < -0.3 is 20.1 Å². The average molecular weight is 291 g/mol. The van der Waals surface area contributed by atoms with Crippen LogP contribution in [0.1, 0.15) is 11.8 Å². The van der Waals surface area contributed by atoms with Gasteiger partial charge in [0.2, 0.25) is 0 Å². The minimum absolute atomic E-state index is 0.300. The molecule has 0 bridgehead atoms. The second-order valence-electron chi connectivity index (χ2n) is 5.30. The van der Waals surface area contributed by atoms with Crippen LogP contribution in [0.4, 0.5) is 0 Å². The Kier molecular flexibility index (Phi) is 3.54. The number of aliphatic hydroxyl groups excluding tert-OH is 3. The van der Waals surface area contributed by atoms with Crippen molar-refractivity contribution in [1.82, 2.24) is 4.57 Å². The average Bonchev–Trinajstić information content (AvgIpc) is 2.79. The fraction of sp³-hybridized carbons (Fsp3) is 0.400. The summed E-state index contributed by atoms with van der Waals surface area (Å²) in [6, 6.07) is 7.19. The molecule has 1 aliphatic rings. The Morgan fingerprint density at radius 1 is 1.19 bits per heavy atom. The highest BCUT2D eigenvalue weighted by atomic mass is 16.6. The predicted octanol–water partition coefficient (Wildman–Crippen LogP) is -0.0786. The maximum absolute atomic E-state index is 12.5. The number of hydrogen-bond donors (Lipinski definition) is 3. The van der Waals surface area contributed by atoms with Crippen molar-refractivity contribution in [2.75, 3.05) is 6.61 Å². The zero-order valence-corrected chi connectivity index (χ0v) is 11.5. The van der Waals surface area contributed by atoms with E-state index in [2.05, 4.69) is 0 Å². The number of benzene rings is 1. The first kappa shape index (κ1) is 14.2. The van der Waals surface area contributed by atoms with Crippen LogP contribution in [0.5, 0.6) is 0 Å². The lowest BCUT2D eigenvalue weighted by Gasteiger charge is -2.19. The van der Waals surface area contributed by atoms with Crippen molar-refractivity contribution in [3.8, 4) is 0 Å². The largest absolute Gasteiger partial charge is 0.394 e. The van der Waals surface area contributed by atoms with Crippen molar-refractivity contribution >= 4 is 10.8 Å². The van der Waals surface area contributed by atoms with Gasteiger partial charge in [-0.3, -0.25) is 9.36 Å². The van der Waals surface area contributed by atoms with E-state index < -0.39 is 31.1 Å². The summed E-state index contributed by atoms with van der Waals surface area (Å²) < 4.78 is 6.70. The fourth-order valence-corrected chi connectivity index (χ4v) is 2.79. The summed E-state index contributed by atoms with van der Waals surface area (Å²) in [5.74, 6) is 0. The topological polar surface area (TPSA) is 91.9 Å². The number of aromatic nitrogens is 1. The number of aliphatic hydroxyl groups is 3. The van der Waals surface area contributed by atoms with Crippen LogP contribution >= 0.6 is 0 Å². The van der Waals surface area contributed by atoms with E-state index in [1.165, 1.54) is 4.57 Å². The smallest absolute Gasteiger partial charge is 0.260 e. The zero-order chi connectivity index (χ0) is 15.1. The number of fused-ring (bicyclic) bond motifs is 1. The van der Waals surface area contributed by atoms with Gasteiger partial charge in [0.05, 0.1) is 6.61 Å². The quantitative estimate of drug-likeness (QED) is 0.720. The van der Waals surface area contributed by atoms with Crippen LogP contribution < -0.4 is 5.56 Å². The molecule has 21 heavy (non-hydrogen) atoms. The number of nitrogens with zero attached hydrogens (tertiary/aromatic N) is 1. The van der Waals surface area contributed by atoms with E-state index in [9.17, 15) is 15.0 Å². The Balaban J connectivity index is 2.14. The highest BCUT2D eigenvalue weighted by Gasteiger charge is 2.43. The molecule has 0 radical (unpaired) electrons. The van der Waals surface area contributed by atoms with Crippen molar-refractivity contribution in [3.05, 3.63) is 46.4 Å². The summed E-state index contributed by atoms with van der Waals surface area (Å²) in [5.41, 5.74) is 0.564. The standard InChI is InChI=1S/C15H17NO5/c1-8-6-16(14(20)10-5-3-2-4-9(8)10)15-13(19)12(18)11(7-17)21-15/h2-6,11-13,15,17-19H,7H2,1H3/t11-,12-,13+,15-/m1/s1. The molecule has 3 N–H and O–H groups in total. The number of aryl methyl sites for hydroxylation is 1. The SMILES string of the molecule is Cc1cn([C@@H]2O[C@H](CO)[C@@H](O)[C@@H]2O)c(=O)c2ccccc12. The molecule has 3 rings (SSSR count). The number of rotatable bonds is 2. The number of hydrogen-bond acceptors (Lipinski definition) is 5. The van der Waals surface area contributed by atoms with E-state index >= 15 is 0 Å². The fourth-order valence-electron chi connectivity index (χ4n) is 2.79. The zero-order valence-electron chi connectivity index (χ0n) is 11.5. The molecular formula is C15H17NO5. The third-order valence-electron chi connectivity index (χ3n) is 3.94. The molecule has 2 aromatic rings. The maximum Gasteiger partial charge on any atom is 0.260 e. The van der Waals surface area contributed by atoms with Crippen molar-refractivity contribution in [1.29, 1.82) is 0 Å². The van der Waals surface area contributed by atoms with E-state index in [1.807, 2.05) is 19.1 Å². The maximum atomic E-state index is 12.5. The van der Waals surface area contributed by atoms with Gasteiger partial charge in [0.1, 0.15) is 18.3 Å². The monoisotopic (exact) mass is 291 g/mol. The molecule has 1 aliphatic heterocycles. The van der Waals surface area contributed by atoms with Gasteiger partial charge in [-0.25, -0.2) is 0 Å². The molecule has 2 heterocycles. The van der Waals surface area contributed by atoms with Crippen molar-refractivity contribution < 1.29 is 20.1 Å². The van der Waals surface area contributed by atoms with Crippen LogP contribution in [0.15, 0.2) is 35.3 Å². The number of pyridine rings is 1. The molecule has 1 aromatic heterocycles. The minimum Gasteiger partial charge on any atom is -0.394 e. The molecule has 4 atom stereocenters. The Labute approximate surface area is 120 Å². The second-order valence-corrected chi connectivity index (χ2v) is 5.30. The van der Waals surface area contributed by atoms with Crippen LogP contribution in [0.2, 0.25) is 0 Å². The van der Waals surface area contributed by atoms with E-state index in [0.29, 0.717) is 5.39 Å². The van der Waals surface area contributed by atoms with E-state index in [-0.39, 0.29) is 5.56 Å². The van der Waals surface area contributed by atoms with Crippen molar-refractivity contribution in [2.24, 2.45) is 0 Å². The summed E-state index contributed by atoms with van der Waals surface area (Å²) >= 11 is 0. The molecule has 6 nitrogen and oxygen atoms in total. The molecule has 1 aromatic carbocycles. The lowest BCUT2D eigenvalue weighted by Crippen LogP contribution is -2.35. The third kappa shape index (κ3) is 2.16. The molecule has 0 unspecified atom stereocenters. The predicted molar refractivity (Wildman–Crippen MR) is 76.0 cm³/mol. The molecule has 0 aliphatic carbocycles. The summed E-state index contributed by atoms with van der Waals surface area (Å²) in [6.45, 7) is 1.44. The molecule has 1 saturated heterocycles. The van der Waals surface area contributed by atoms with E-state index in [4.69, 9.17) is 9.84 Å². The molecule has 6 heteroatoms. The van der Waals surface area contributed by atoms with Crippen molar-refractivity contribution in [3.63, 3.8) is 0 Å². The summed E-state index contributed by atoms with van der Waals surface area (Å²) in [7, 11) is 0. The molecule has 112 valence electrons. The Morgan fingerprint density at radius 3 is 2.48 bits per heavy atom. The highest BCUT2D eigenvalue weighted by molar-refractivity contribution is 5.84.